The van der Waals surface area contributed by atoms with Crippen LogP contribution in [0.4, 0.5) is 5.69 Å². The van der Waals surface area contributed by atoms with E-state index in [1.807, 2.05) is 0 Å². The minimum absolute atomic E-state index is 0.0486. The van der Waals surface area contributed by atoms with Crippen LogP contribution >= 0.6 is 0 Å². The van der Waals surface area contributed by atoms with E-state index in [4.69, 9.17) is 4.74 Å². The Hall–Kier alpha value is -1.60. The lowest BCUT2D eigenvalue weighted by Crippen LogP contribution is -2.37. The van der Waals surface area contributed by atoms with Crippen LogP contribution in [0.1, 0.15) is 20.3 Å². The maximum absolute atomic E-state index is 12.0. The summed E-state index contributed by atoms with van der Waals surface area (Å²) in [7, 11) is -3.54. The second kappa shape index (κ2) is 5.80. The largest absolute Gasteiger partial charge is 0.490 e. The van der Waals surface area contributed by atoms with Crippen molar-refractivity contribution in [3.8, 4) is 5.75 Å². The summed E-state index contributed by atoms with van der Waals surface area (Å²) in [6.07, 6.45) is 0.365. The molecule has 0 spiro atoms. The second-order valence-electron chi connectivity index (χ2n) is 4.38. The van der Waals surface area contributed by atoms with Gasteiger partial charge in [0.25, 0.3) is 0 Å². The van der Waals surface area contributed by atoms with Gasteiger partial charge in [0.15, 0.2) is 0 Å². The highest BCUT2D eigenvalue weighted by Crippen LogP contribution is 2.34. The normalized spacial score (nSPS) is 14.6. The molecule has 0 atom stereocenters. The standard InChI is InChI=1S/C13H18N2O4S/c1-3-13(16)15-7-8-19-12-6-5-10(9-11(12)15)20(17,18)14-4-2/h5-6,9,14H,3-4,7-8H2,1-2H3. The van der Waals surface area contributed by atoms with E-state index in [1.165, 1.54) is 12.1 Å². The van der Waals surface area contributed by atoms with Crippen LogP contribution in [0, 0.1) is 0 Å². The third kappa shape index (κ3) is 2.78. The van der Waals surface area contributed by atoms with Crippen molar-refractivity contribution in [1.82, 2.24) is 4.72 Å². The van der Waals surface area contributed by atoms with E-state index in [-0.39, 0.29) is 10.8 Å². The quantitative estimate of drug-likeness (QED) is 0.904. The van der Waals surface area contributed by atoms with Gasteiger partial charge in [-0.3, -0.25) is 4.79 Å². The third-order valence-electron chi connectivity index (χ3n) is 3.04. The molecular formula is C13H18N2O4S. The molecule has 1 aromatic rings. The number of fused-ring (bicyclic) bond motifs is 1. The van der Waals surface area contributed by atoms with Crippen LogP contribution in [0.3, 0.4) is 0 Å². The van der Waals surface area contributed by atoms with E-state index in [1.54, 1.807) is 24.8 Å². The Morgan fingerprint density at radius 1 is 1.40 bits per heavy atom. The summed E-state index contributed by atoms with van der Waals surface area (Å²) in [5.41, 5.74) is 0.516. The Labute approximate surface area is 118 Å². The molecule has 110 valence electrons. The lowest BCUT2D eigenvalue weighted by Gasteiger charge is -2.29. The summed E-state index contributed by atoms with van der Waals surface area (Å²) in [6.45, 7) is 4.65. The van der Waals surface area contributed by atoms with E-state index in [0.29, 0.717) is 37.6 Å². The van der Waals surface area contributed by atoms with E-state index in [2.05, 4.69) is 4.72 Å². The number of rotatable bonds is 4. The molecule has 0 aromatic heterocycles. The van der Waals surface area contributed by atoms with Crippen molar-refractivity contribution in [2.75, 3.05) is 24.6 Å². The first-order valence-electron chi connectivity index (χ1n) is 6.56. The van der Waals surface area contributed by atoms with Gasteiger partial charge in [0.1, 0.15) is 12.4 Å². The lowest BCUT2D eigenvalue weighted by atomic mass is 10.2. The average Bonchev–Trinajstić information content (AvgIpc) is 2.45. The summed E-state index contributed by atoms with van der Waals surface area (Å²) in [4.78, 5) is 13.6. The molecule has 1 amide bonds. The summed E-state index contributed by atoms with van der Waals surface area (Å²) < 4.78 is 31.9. The summed E-state index contributed by atoms with van der Waals surface area (Å²) >= 11 is 0. The summed E-state index contributed by atoms with van der Waals surface area (Å²) in [6, 6.07) is 4.56. The van der Waals surface area contributed by atoms with Crippen molar-refractivity contribution in [1.29, 1.82) is 0 Å². The molecule has 0 saturated carbocycles. The molecule has 0 radical (unpaired) electrons. The summed E-state index contributed by atoms with van der Waals surface area (Å²) in [5, 5.41) is 0. The van der Waals surface area contributed by atoms with Gasteiger partial charge in [0.05, 0.1) is 17.1 Å². The van der Waals surface area contributed by atoms with Gasteiger partial charge >= 0.3 is 0 Å². The third-order valence-corrected chi connectivity index (χ3v) is 4.59. The number of nitrogens with one attached hydrogen (secondary N) is 1. The molecule has 1 N–H and O–H groups in total. The molecule has 0 bridgehead atoms. The smallest absolute Gasteiger partial charge is 0.240 e. The molecule has 1 aliphatic rings. The van der Waals surface area contributed by atoms with Crippen LogP contribution in [0.25, 0.3) is 0 Å². The number of ether oxygens (including phenoxy) is 1. The fraction of sp³-hybridized carbons (Fsp3) is 0.462. The van der Waals surface area contributed by atoms with Crippen LogP contribution in [-0.2, 0) is 14.8 Å². The van der Waals surface area contributed by atoms with Crippen molar-refractivity contribution in [3.63, 3.8) is 0 Å². The Kier molecular flexibility index (Phi) is 4.29. The Balaban J connectivity index is 2.45. The number of carbonyl (C=O) groups excluding carboxylic acids is 1. The molecule has 20 heavy (non-hydrogen) atoms. The fourth-order valence-corrected chi connectivity index (χ4v) is 3.15. The van der Waals surface area contributed by atoms with Crippen molar-refractivity contribution in [2.24, 2.45) is 0 Å². The number of nitrogens with zero attached hydrogens (tertiary/aromatic N) is 1. The van der Waals surface area contributed by atoms with Crippen LogP contribution in [-0.4, -0.2) is 34.0 Å². The number of benzene rings is 1. The monoisotopic (exact) mass is 298 g/mol. The minimum atomic E-state index is -3.54. The highest BCUT2D eigenvalue weighted by Gasteiger charge is 2.25. The molecule has 2 rings (SSSR count). The number of carbonyl (C=O) groups is 1. The fourth-order valence-electron chi connectivity index (χ4n) is 2.09. The van der Waals surface area contributed by atoms with Crippen LogP contribution in [0.15, 0.2) is 23.1 Å². The molecule has 1 aliphatic heterocycles. The van der Waals surface area contributed by atoms with Gasteiger partial charge in [0.2, 0.25) is 15.9 Å². The number of hydrogen-bond donors (Lipinski definition) is 1. The van der Waals surface area contributed by atoms with E-state index in [9.17, 15) is 13.2 Å². The van der Waals surface area contributed by atoms with E-state index >= 15 is 0 Å². The Morgan fingerprint density at radius 2 is 2.15 bits per heavy atom. The van der Waals surface area contributed by atoms with Crippen LogP contribution < -0.4 is 14.4 Å². The van der Waals surface area contributed by atoms with Gasteiger partial charge in [-0.25, -0.2) is 13.1 Å². The topological polar surface area (TPSA) is 75.7 Å². The molecule has 0 aliphatic carbocycles. The number of anilines is 1. The SMILES string of the molecule is CCNS(=O)(=O)c1ccc2c(c1)N(C(=O)CC)CCO2. The average molecular weight is 298 g/mol. The van der Waals surface area contributed by atoms with Crippen molar-refractivity contribution < 1.29 is 17.9 Å². The molecule has 7 heteroatoms. The minimum Gasteiger partial charge on any atom is -0.490 e. The summed E-state index contributed by atoms with van der Waals surface area (Å²) in [5.74, 6) is 0.487. The van der Waals surface area contributed by atoms with Gasteiger partial charge in [-0.15, -0.1) is 0 Å². The zero-order valence-electron chi connectivity index (χ0n) is 11.5. The molecule has 1 heterocycles. The van der Waals surface area contributed by atoms with Gasteiger partial charge in [-0.05, 0) is 18.2 Å². The van der Waals surface area contributed by atoms with Crippen molar-refractivity contribution in [2.45, 2.75) is 25.2 Å². The molecule has 6 nitrogen and oxygen atoms in total. The highest BCUT2D eigenvalue weighted by atomic mass is 32.2. The van der Waals surface area contributed by atoms with Crippen molar-refractivity contribution >= 4 is 21.6 Å². The van der Waals surface area contributed by atoms with Gasteiger partial charge in [-0.1, -0.05) is 13.8 Å². The van der Waals surface area contributed by atoms with Gasteiger partial charge in [0, 0.05) is 13.0 Å². The van der Waals surface area contributed by atoms with Gasteiger partial charge < -0.3 is 9.64 Å². The predicted octanol–water partition coefficient (Wildman–Crippen LogP) is 1.12. The predicted molar refractivity (Wildman–Crippen MR) is 75.4 cm³/mol. The Morgan fingerprint density at radius 3 is 2.80 bits per heavy atom. The molecule has 0 fully saturated rings. The first-order chi connectivity index (χ1) is 9.49. The number of amides is 1. The lowest BCUT2D eigenvalue weighted by molar-refractivity contribution is -0.118. The molecule has 1 aromatic carbocycles. The second-order valence-corrected chi connectivity index (χ2v) is 6.15. The Bertz CT molecular complexity index is 613. The molecule has 0 saturated heterocycles. The zero-order valence-corrected chi connectivity index (χ0v) is 12.4. The highest BCUT2D eigenvalue weighted by molar-refractivity contribution is 7.89. The molecular weight excluding hydrogens is 280 g/mol. The van der Waals surface area contributed by atoms with E-state index in [0.717, 1.165) is 0 Å². The van der Waals surface area contributed by atoms with Crippen molar-refractivity contribution in [3.05, 3.63) is 18.2 Å². The molecule has 0 unspecified atom stereocenters. The maximum Gasteiger partial charge on any atom is 0.240 e. The zero-order chi connectivity index (χ0) is 14.8. The first-order valence-corrected chi connectivity index (χ1v) is 8.04. The number of hydrogen-bond acceptors (Lipinski definition) is 4. The number of sulfonamides is 1. The van der Waals surface area contributed by atoms with Crippen LogP contribution in [0.5, 0.6) is 5.75 Å². The maximum atomic E-state index is 12.0. The van der Waals surface area contributed by atoms with Gasteiger partial charge in [-0.2, -0.15) is 0 Å². The van der Waals surface area contributed by atoms with Crippen LogP contribution in [0.2, 0.25) is 0 Å². The first kappa shape index (κ1) is 14.8. The van der Waals surface area contributed by atoms with E-state index < -0.39 is 10.0 Å².